The van der Waals surface area contributed by atoms with Gasteiger partial charge in [-0.3, -0.25) is 4.79 Å². The zero-order valence-electron chi connectivity index (χ0n) is 9.93. The lowest BCUT2D eigenvalue weighted by Crippen LogP contribution is -2.26. The molecule has 2 heterocycles. The van der Waals surface area contributed by atoms with Gasteiger partial charge in [-0.2, -0.15) is 0 Å². The average molecular weight is 235 g/mol. The molecule has 2 rings (SSSR count). The Kier molecular flexibility index (Phi) is 2.95. The van der Waals surface area contributed by atoms with Gasteiger partial charge in [-0.15, -0.1) is 0 Å². The molecule has 0 N–H and O–H groups in total. The first kappa shape index (κ1) is 11.4. The summed E-state index contributed by atoms with van der Waals surface area (Å²) in [5.74, 6) is 1.12. The SMILES string of the molecule is Cc1cc(CN(C)C(=O)c2cc(C)on2)no1. The standard InChI is InChI=1S/C11H13N3O3/c1-7-4-9(12-16-7)6-14(3)11(15)10-5-8(2)17-13-10/h4-5H,6H2,1-3H3. The normalized spacial score (nSPS) is 10.5. The molecule has 0 aliphatic rings. The Bertz CT molecular complexity index is 530. The highest BCUT2D eigenvalue weighted by Gasteiger charge is 2.17. The van der Waals surface area contributed by atoms with E-state index in [0.717, 1.165) is 5.76 Å². The first-order chi connectivity index (χ1) is 8.06. The van der Waals surface area contributed by atoms with Crippen LogP contribution in [0, 0.1) is 13.8 Å². The van der Waals surface area contributed by atoms with Gasteiger partial charge in [0.1, 0.15) is 17.2 Å². The molecule has 6 heteroatoms. The van der Waals surface area contributed by atoms with Gasteiger partial charge >= 0.3 is 0 Å². The van der Waals surface area contributed by atoms with Crippen molar-refractivity contribution in [1.29, 1.82) is 0 Å². The predicted octanol–water partition coefficient (Wildman–Crippen LogP) is 1.55. The first-order valence-corrected chi connectivity index (χ1v) is 5.17. The Morgan fingerprint density at radius 3 is 2.41 bits per heavy atom. The molecular weight excluding hydrogens is 222 g/mol. The smallest absolute Gasteiger partial charge is 0.276 e. The molecule has 1 amide bonds. The van der Waals surface area contributed by atoms with Crippen LogP contribution in [-0.2, 0) is 6.54 Å². The van der Waals surface area contributed by atoms with Crippen LogP contribution in [0.4, 0.5) is 0 Å². The van der Waals surface area contributed by atoms with Crippen molar-refractivity contribution < 1.29 is 13.8 Å². The molecule has 17 heavy (non-hydrogen) atoms. The second kappa shape index (κ2) is 4.40. The molecular formula is C11H13N3O3. The fourth-order valence-electron chi connectivity index (χ4n) is 1.47. The summed E-state index contributed by atoms with van der Waals surface area (Å²) in [5, 5.41) is 7.50. The number of hydrogen-bond donors (Lipinski definition) is 0. The quantitative estimate of drug-likeness (QED) is 0.807. The number of nitrogens with zero attached hydrogens (tertiary/aromatic N) is 3. The van der Waals surface area contributed by atoms with E-state index in [4.69, 9.17) is 9.05 Å². The van der Waals surface area contributed by atoms with Gasteiger partial charge in [0.2, 0.25) is 0 Å². The minimum atomic E-state index is -0.206. The summed E-state index contributed by atoms with van der Waals surface area (Å²) < 4.78 is 9.79. The number of carbonyl (C=O) groups is 1. The van der Waals surface area contributed by atoms with Gasteiger partial charge in [0.25, 0.3) is 5.91 Å². The zero-order chi connectivity index (χ0) is 12.4. The number of aromatic nitrogens is 2. The Hall–Kier alpha value is -2.11. The Balaban J connectivity index is 2.05. The maximum atomic E-state index is 11.9. The number of aryl methyl sites for hydroxylation is 2. The summed E-state index contributed by atoms with van der Waals surface area (Å²) in [6.07, 6.45) is 0. The van der Waals surface area contributed by atoms with Crippen molar-refractivity contribution >= 4 is 5.91 Å². The molecule has 0 aromatic carbocycles. The van der Waals surface area contributed by atoms with Gasteiger partial charge in [0.15, 0.2) is 5.69 Å². The van der Waals surface area contributed by atoms with E-state index in [-0.39, 0.29) is 5.91 Å². The molecule has 0 radical (unpaired) electrons. The van der Waals surface area contributed by atoms with Crippen LogP contribution in [0.15, 0.2) is 21.2 Å². The van der Waals surface area contributed by atoms with Crippen LogP contribution in [0.2, 0.25) is 0 Å². The topological polar surface area (TPSA) is 72.4 Å². The molecule has 0 bridgehead atoms. The lowest BCUT2D eigenvalue weighted by Gasteiger charge is -2.12. The fourth-order valence-corrected chi connectivity index (χ4v) is 1.47. The fraction of sp³-hybridized carbons (Fsp3) is 0.364. The summed E-state index contributed by atoms with van der Waals surface area (Å²) in [7, 11) is 1.68. The molecule has 0 saturated heterocycles. The van der Waals surface area contributed by atoms with E-state index in [1.165, 1.54) is 4.90 Å². The summed E-state index contributed by atoms with van der Waals surface area (Å²) >= 11 is 0. The highest BCUT2D eigenvalue weighted by atomic mass is 16.5. The third-order valence-electron chi connectivity index (χ3n) is 2.27. The van der Waals surface area contributed by atoms with Crippen molar-refractivity contribution in [3.05, 3.63) is 35.0 Å². The Morgan fingerprint density at radius 2 is 1.88 bits per heavy atom. The van der Waals surface area contributed by atoms with Crippen LogP contribution in [-0.4, -0.2) is 28.2 Å². The lowest BCUT2D eigenvalue weighted by atomic mass is 10.3. The molecule has 0 aliphatic heterocycles. The van der Waals surface area contributed by atoms with E-state index in [2.05, 4.69) is 10.3 Å². The molecule has 0 saturated carbocycles. The summed E-state index contributed by atoms with van der Waals surface area (Å²) in [6.45, 7) is 3.92. The maximum absolute atomic E-state index is 11.9. The summed E-state index contributed by atoms with van der Waals surface area (Å²) in [4.78, 5) is 13.4. The molecule has 2 aromatic rings. The highest BCUT2D eigenvalue weighted by Crippen LogP contribution is 2.09. The molecule has 2 aromatic heterocycles. The van der Waals surface area contributed by atoms with Crippen LogP contribution < -0.4 is 0 Å². The third kappa shape index (κ3) is 2.52. The first-order valence-electron chi connectivity index (χ1n) is 5.17. The van der Waals surface area contributed by atoms with E-state index in [0.29, 0.717) is 23.7 Å². The van der Waals surface area contributed by atoms with Crippen LogP contribution >= 0.6 is 0 Å². The van der Waals surface area contributed by atoms with Gasteiger partial charge in [-0.05, 0) is 13.8 Å². The second-order valence-corrected chi connectivity index (χ2v) is 3.91. The number of hydrogen-bond acceptors (Lipinski definition) is 5. The van der Waals surface area contributed by atoms with E-state index >= 15 is 0 Å². The lowest BCUT2D eigenvalue weighted by molar-refractivity contribution is 0.0772. The zero-order valence-corrected chi connectivity index (χ0v) is 9.93. The predicted molar refractivity (Wildman–Crippen MR) is 58.3 cm³/mol. The van der Waals surface area contributed by atoms with Crippen LogP contribution in [0.25, 0.3) is 0 Å². The van der Waals surface area contributed by atoms with Gasteiger partial charge in [-0.1, -0.05) is 10.3 Å². The van der Waals surface area contributed by atoms with E-state index in [9.17, 15) is 4.79 Å². The molecule has 0 unspecified atom stereocenters. The van der Waals surface area contributed by atoms with Crippen LogP contribution in [0.5, 0.6) is 0 Å². The second-order valence-electron chi connectivity index (χ2n) is 3.91. The van der Waals surface area contributed by atoms with Crippen molar-refractivity contribution in [2.75, 3.05) is 7.05 Å². The molecule has 6 nitrogen and oxygen atoms in total. The van der Waals surface area contributed by atoms with Gasteiger partial charge in [-0.25, -0.2) is 0 Å². The van der Waals surface area contributed by atoms with Crippen LogP contribution in [0.3, 0.4) is 0 Å². The Morgan fingerprint density at radius 1 is 1.24 bits per heavy atom. The minimum Gasteiger partial charge on any atom is -0.361 e. The molecule has 0 aliphatic carbocycles. The molecule has 90 valence electrons. The van der Waals surface area contributed by atoms with Crippen molar-refractivity contribution in [3.8, 4) is 0 Å². The Labute approximate surface area is 98.2 Å². The van der Waals surface area contributed by atoms with Crippen molar-refractivity contribution in [1.82, 2.24) is 15.2 Å². The largest absolute Gasteiger partial charge is 0.361 e. The van der Waals surface area contributed by atoms with E-state index in [1.54, 1.807) is 33.0 Å². The summed E-state index contributed by atoms with van der Waals surface area (Å²) in [6, 6.07) is 3.39. The van der Waals surface area contributed by atoms with Crippen molar-refractivity contribution in [2.24, 2.45) is 0 Å². The monoisotopic (exact) mass is 235 g/mol. The van der Waals surface area contributed by atoms with Crippen molar-refractivity contribution in [3.63, 3.8) is 0 Å². The number of amides is 1. The molecule has 0 atom stereocenters. The average Bonchev–Trinajstić information content (AvgIpc) is 2.87. The highest BCUT2D eigenvalue weighted by molar-refractivity contribution is 5.91. The van der Waals surface area contributed by atoms with Gasteiger partial charge in [0, 0.05) is 19.2 Å². The number of rotatable bonds is 3. The summed E-state index contributed by atoms with van der Waals surface area (Å²) in [5.41, 5.74) is 1.00. The van der Waals surface area contributed by atoms with Gasteiger partial charge in [0.05, 0.1) is 6.54 Å². The van der Waals surface area contributed by atoms with Gasteiger partial charge < -0.3 is 13.9 Å². The van der Waals surface area contributed by atoms with E-state index in [1.807, 2.05) is 0 Å². The third-order valence-corrected chi connectivity index (χ3v) is 2.27. The number of carbonyl (C=O) groups excluding carboxylic acids is 1. The minimum absolute atomic E-state index is 0.206. The van der Waals surface area contributed by atoms with E-state index < -0.39 is 0 Å². The molecule has 0 fully saturated rings. The van der Waals surface area contributed by atoms with Crippen molar-refractivity contribution in [2.45, 2.75) is 20.4 Å². The maximum Gasteiger partial charge on any atom is 0.276 e. The van der Waals surface area contributed by atoms with Crippen LogP contribution in [0.1, 0.15) is 27.7 Å². The molecule has 0 spiro atoms.